The Morgan fingerprint density at radius 2 is 1.37 bits per heavy atom. The first-order valence-electron chi connectivity index (χ1n) is 7.62. The maximum absolute atomic E-state index is 2.63. The van der Waals surface area contributed by atoms with Crippen LogP contribution in [-0.2, 0) is 0 Å². The van der Waals surface area contributed by atoms with Crippen molar-refractivity contribution in [3.63, 3.8) is 0 Å². The van der Waals surface area contributed by atoms with Gasteiger partial charge in [0.25, 0.3) is 0 Å². The van der Waals surface area contributed by atoms with Crippen LogP contribution >= 0.6 is 0 Å². The molecule has 0 aliphatic heterocycles. The summed E-state index contributed by atoms with van der Waals surface area (Å²) >= 11 is 0. The second kappa shape index (κ2) is 6.10. The normalized spacial score (nSPS) is 26.3. The van der Waals surface area contributed by atoms with Crippen molar-refractivity contribution in [1.29, 1.82) is 0 Å². The fraction of sp³-hybridized carbons (Fsp3) is 0.444. The summed E-state index contributed by atoms with van der Waals surface area (Å²) in [6.07, 6.45) is 17.3. The fourth-order valence-electron chi connectivity index (χ4n) is 3.28. The lowest BCUT2D eigenvalue weighted by Crippen LogP contribution is -2.43. The van der Waals surface area contributed by atoms with Crippen LogP contribution in [0.4, 0.5) is 5.69 Å². The summed E-state index contributed by atoms with van der Waals surface area (Å²) in [6, 6.07) is 12.1. The number of nitrogens with zero attached hydrogens (tertiary/aromatic N) is 1. The minimum atomic E-state index is 0.573. The lowest BCUT2D eigenvalue weighted by Gasteiger charge is -2.40. The van der Waals surface area contributed by atoms with E-state index >= 15 is 0 Å². The van der Waals surface area contributed by atoms with Crippen molar-refractivity contribution < 1.29 is 0 Å². The molecule has 2 unspecified atom stereocenters. The second-order valence-corrected chi connectivity index (χ2v) is 5.60. The number of rotatable bonds is 3. The third-order valence-electron chi connectivity index (χ3n) is 4.23. The van der Waals surface area contributed by atoms with Crippen LogP contribution in [0.5, 0.6) is 0 Å². The van der Waals surface area contributed by atoms with Crippen molar-refractivity contribution in [2.75, 3.05) is 4.90 Å². The van der Waals surface area contributed by atoms with Crippen molar-refractivity contribution in [3.8, 4) is 0 Å². The van der Waals surface area contributed by atoms with Crippen LogP contribution in [-0.4, -0.2) is 12.1 Å². The first kappa shape index (κ1) is 12.5. The Kier molecular flexibility index (Phi) is 4.02. The van der Waals surface area contributed by atoms with Gasteiger partial charge in [0, 0.05) is 17.8 Å². The number of hydrogen-bond donors (Lipinski definition) is 0. The van der Waals surface area contributed by atoms with Gasteiger partial charge >= 0.3 is 0 Å². The van der Waals surface area contributed by atoms with E-state index in [9.17, 15) is 0 Å². The molecule has 2 aliphatic carbocycles. The number of allylic oxidation sites excluding steroid dienone is 2. The molecule has 0 saturated heterocycles. The molecule has 0 aromatic heterocycles. The van der Waals surface area contributed by atoms with Crippen LogP contribution < -0.4 is 4.90 Å². The Balaban J connectivity index is 1.90. The van der Waals surface area contributed by atoms with E-state index in [1.807, 2.05) is 0 Å². The van der Waals surface area contributed by atoms with Crippen molar-refractivity contribution in [2.45, 2.75) is 50.6 Å². The summed E-state index contributed by atoms with van der Waals surface area (Å²) in [5.41, 5.74) is 1.37. The molecule has 19 heavy (non-hydrogen) atoms. The van der Waals surface area contributed by atoms with Crippen LogP contribution in [0.3, 0.4) is 0 Å². The average Bonchev–Trinajstić information content (AvgIpc) is 2.51. The number of anilines is 1. The lowest BCUT2D eigenvalue weighted by atomic mass is 9.94. The van der Waals surface area contributed by atoms with Gasteiger partial charge in [-0.25, -0.2) is 0 Å². The van der Waals surface area contributed by atoms with E-state index in [0.29, 0.717) is 12.1 Å². The lowest BCUT2D eigenvalue weighted by molar-refractivity contribution is 0.513. The zero-order chi connectivity index (χ0) is 12.9. The molecule has 0 radical (unpaired) electrons. The van der Waals surface area contributed by atoms with E-state index in [-0.39, 0.29) is 0 Å². The van der Waals surface area contributed by atoms with Gasteiger partial charge in [-0.2, -0.15) is 0 Å². The van der Waals surface area contributed by atoms with E-state index in [0.717, 1.165) is 0 Å². The molecule has 0 amide bonds. The molecule has 100 valence electrons. The Labute approximate surface area is 116 Å². The van der Waals surface area contributed by atoms with Gasteiger partial charge in [-0.05, 0) is 50.7 Å². The van der Waals surface area contributed by atoms with Crippen LogP contribution in [0.2, 0.25) is 0 Å². The topological polar surface area (TPSA) is 3.24 Å². The van der Waals surface area contributed by atoms with Crippen molar-refractivity contribution in [3.05, 3.63) is 54.6 Å². The first-order valence-corrected chi connectivity index (χ1v) is 7.62. The molecular formula is C18H23N. The van der Waals surface area contributed by atoms with Gasteiger partial charge in [-0.1, -0.05) is 42.5 Å². The molecule has 1 heteroatoms. The predicted octanol–water partition coefficient (Wildman–Crippen LogP) is 4.71. The summed E-state index contributed by atoms with van der Waals surface area (Å²) < 4.78 is 0. The smallest absolute Gasteiger partial charge is 0.0479 e. The molecule has 0 N–H and O–H groups in total. The molecule has 1 aromatic carbocycles. The van der Waals surface area contributed by atoms with E-state index < -0.39 is 0 Å². The van der Waals surface area contributed by atoms with Crippen molar-refractivity contribution >= 4 is 5.69 Å². The Morgan fingerprint density at radius 1 is 0.789 bits per heavy atom. The second-order valence-electron chi connectivity index (χ2n) is 5.60. The molecule has 0 heterocycles. The summed E-state index contributed by atoms with van der Waals surface area (Å²) in [7, 11) is 0. The Morgan fingerprint density at radius 3 is 1.84 bits per heavy atom. The quantitative estimate of drug-likeness (QED) is 0.705. The van der Waals surface area contributed by atoms with Crippen LogP contribution in [0.25, 0.3) is 0 Å². The van der Waals surface area contributed by atoms with Crippen LogP contribution in [0.15, 0.2) is 54.6 Å². The summed E-state index contributed by atoms with van der Waals surface area (Å²) in [6.45, 7) is 0. The third-order valence-corrected chi connectivity index (χ3v) is 4.23. The summed E-state index contributed by atoms with van der Waals surface area (Å²) in [5, 5.41) is 0. The Hall–Kier alpha value is -1.50. The minimum absolute atomic E-state index is 0.573. The van der Waals surface area contributed by atoms with E-state index in [1.54, 1.807) is 0 Å². The van der Waals surface area contributed by atoms with Gasteiger partial charge in [-0.15, -0.1) is 0 Å². The summed E-state index contributed by atoms with van der Waals surface area (Å²) in [5.74, 6) is 0. The van der Waals surface area contributed by atoms with Gasteiger partial charge < -0.3 is 4.90 Å². The zero-order valence-corrected chi connectivity index (χ0v) is 11.5. The molecule has 0 bridgehead atoms. The maximum Gasteiger partial charge on any atom is 0.0479 e. The molecule has 2 atom stereocenters. The van der Waals surface area contributed by atoms with E-state index in [1.165, 1.54) is 44.2 Å². The molecule has 0 saturated carbocycles. The van der Waals surface area contributed by atoms with Crippen LogP contribution in [0.1, 0.15) is 38.5 Å². The standard InChI is InChI=1S/C18H23N/c1-4-10-16(11-5-1)19(17-12-6-2-7-13-17)18-14-8-3-9-15-18/h1,4-6,8,10-12,14,17-18H,2-3,7,9,13,15H2. The molecular weight excluding hydrogens is 230 g/mol. The fourth-order valence-corrected chi connectivity index (χ4v) is 3.28. The van der Waals surface area contributed by atoms with E-state index in [4.69, 9.17) is 0 Å². The first-order chi connectivity index (χ1) is 9.45. The highest BCUT2D eigenvalue weighted by Crippen LogP contribution is 2.29. The highest BCUT2D eigenvalue weighted by atomic mass is 15.2. The number of para-hydroxylation sites is 1. The van der Waals surface area contributed by atoms with Gasteiger partial charge in [0.15, 0.2) is 0 Å². The Bertz CT molecular complexity index is 422. The molecule has 3 rings (SSSR count). The zero-order valence-electron chi connectivity index (χ0n) is 11.5. The van der Waals surface area contributed by atoms with Crippen molar-refractivity contribution in [2.24, 2.45) is 0 Å². The predicted molar refractivity (Wildman–Crippen MR) is 82.5 cm³/mol. The van der Waals surface area contributed by atoms with Gasteiger partial charge in [0.05, 0.1) is 0 Å². The third kappa shape index (κ3) is 2.91. The SMILES string of the molecule is C1=CC(N(c2ccccc2)C2C=CCCC2)CCC1. The average molecular weight is 253 g/mol. The highest BCUT2D eigenvalue weighted by molar-refractivity contribution is 5.50. The van der Waals surface area contributed by atoms with Gasteiger partial charge in [0.2, 0.25) is 0 Å². The molecule has 1 aromatic rings. The van der Waals surface area contributed by atoms with Gasteiger partial charge in [-0.3, -0.25) is 0 Å². The minimum Gasteiger partial charge on any atom is -0.359 e. The maximum atomic E-state index is 2.63. The van der Waals surface area contributed by atoms with Crippen LogP contribution in [0, 0.1) is 0 Å². The number of hydrogen-bond acceptors (Lipinski definition) is 1. The molecule has 0 spiro atoms. The molecule has 2 aliphatic rings. The summed E-state index contributed by atoms with van der Waals surface area (Å²) in [4.78, 5) is 2.63. The molecule has 1 nitrogen and oxygen atoms in total. The van der Waals surface area contributed by atoms with Crippen molar-refractivity contribution in [1.82, 2.24) is 0 Å². The number of benzene rings is 1. The van der Waals surface area contributed by atoms with E-state index in [2.05, 4.69) is 59.5 Å². The largest absolute Gasteiger partial charge is 0.359 e. The molecule has 0 fully saturated rings. The van der Waals surface area contributed by atoms with Gasteiger partial charge in [0.1, 0.15) is 0 Å². The highest BCUT2D eigenvalue weighted by Gasteiger charge is 2.25. The monoisotopic (exact) mass is 253 g/mol.